The molecule has 6 atom stereocenters. The second-order valence-electron chi connectivity index (χ2n) is 17.3. The molecule has 0 saturated carbocycles. The highest BCUT2D eigenvalue weighted by Crippen LogP contribution is 2.66. The first kappa shape index (κ1) is 73.7. The van der Waals surface area contributed by atoms with Crippen molar-refractivity contribution in [3.8, 4) is 34.3 Å². The van der Waals surface area contributed by atoms with Gasteiger partial charge in [-0.1, -0.05) is 62.5 Å². The van der Waals surface area contributed by atoms with Crippen LogP contribution in [0.15, 0.2) is 76.6 Å². The Morgan fingerprint density at radius 3 is 2.31 bits per heavy atom. The number of nitrogens with one attached hydrogen (secondary N) is 3. The Bertz CT molecular complexity index is 3810. The summed E-state index contributed by atoms with van der Waals surface area (Å²) in [4.78, 5) is 78.7. The number of phosphoric acid groups is 3. The molecule has 6 rings (SSSR count). The minimum absolute atomic E-state index is 0.0517. The molecule has 4 unspecified atom stereocenters. The van der Waals surface area contributed by atoms with Gasteiger partial charge in [0.1, 0.15) is 35.4 Å². The van der Waals surface area contributed by atoms with Gasteiger partial charge in [-0.15, -0.1) is 25.3 Å². The smallest absolute Gasteiger partial charge is 0.478 e. The highest BCUT2D eigenvalue weighted by molar-refractivity contribution is 8.76. The molecule has 1 saturated heterocycles. The fraction of sp³-hybridized carbons (Fsp3) is 0.370. The Hall–Kier alpha value is -5.75. The fourth-order valence-corrected chi connectivity index (χ4v) is 12.9. The number of nitrogen functional groups attached to an aromatic ring is 2. The highest BCUT2D eigenvalue weighted by atomic mass is 33.1. The average Bonchev–Trinajstić information content (AvgIpc) is 1.13. The number of phosphoric ester groups is 1. The van der Waals surface area contributed by atoms with Crippen LogP contribution in [-0.4, -0.2) is 140 Å². The molecule has 1 fully saturated rings. The minimum atomic E-state index is -5.78. The van der Waals surface area contributed by atoms with Gasteiger partial charge in [-0.2, -0.15) is 13.6 Å². The van der Waals surface area contributed by atoms with E-state index in [1.807, 2.05) is 25.1 Å². The average molecular weight is 1390 g/mol. The Kier molecular flexibility index (Phi) is 30.0. The monoisotopic (exact) mass is 1390 g/mol. The lowest BCUT2D eigenvalue weighted by Crippen LogP contribution is -2.44. The van der Waals surface area contributed by atoms with Crippen LogP contribution in [0.2, 0.25) is 0 Å². The van der Waals surface area contributed by atoms with E-state index in [0.29, 0.717) is 88.0 Å². The lowest BCUT2D eigenvalue weighted by molar-refractivity contribution is -0.172. The maximum Gasteiger partial charge on any atom is 0.490 e. The van der Waals surface area contributed by atoms with E-state index in [2.05, 4.69) is 48.0 Å². The number of aromatic nitrogens is 2. The van der Waals surface area contributed by atoms with Crippen LogP contribution in [0.5, 0.6) is 0 Å². The van der Waals surface area contributed by atoms with Crippen molar-refractivity contribution < 1.29 is 110 Å². The largest absolute Gasteiger partial charge is 0.490 e. The second kappa shape index (κ2) is 35.4. The van der Waals surface area contributed by atoms with Gasteiger partial charge < -0.3 is 70.7 Å². The summed E-state index contributed by atoms with van der Waals surface area (Å²) >= 11 is 5.33. The molecule has 2 aromatic carbocycles. The highest BCUT2D eigenvalue weighted by Gasteiger charge is 2.44. The third kappa shape index (κ3) is 26.1. The van der Waals surface area contributed by atoms with E-state index >= 15 is 0 Å². The molecule has 3 heterocycles. The zero-order valence-corrected chi connectivity index (χ0v) is 52.9. The quantitative estimate of drug-likeness (QED) is 0.00618. The summed E-state index contributed by atoms with van der Waals surface area (Å²) in [6, 6.07) is 15.1. The predicted octanol–water partition coefficient (Wildman–Crippen LogP) is 1.79. The summed E-state index contributed by atoms with van der Waals surface area (Å²) in [7, 11) is -20.6. The Balaban J connectivity index is 0.00000190. The van der Waals surface area contributed by atoms with Crippen LogP contribution in [-0.2, 0) is 82.9 Å². The molecule has 0 radical (unpaired) electrons. The minimum Gasteiger partial charge on any atom is -0.478 e. The van der Waals surface area contributed by atoms with Gasteiger partial charge in [0.25, 0.3) is 0 Å². The van der Waals surface area contributed by atoms with Crippen molar-refractivity contribution in [1.82, 2.24) is 25.5 Å². The molecule has 1 aliphatic carbocycles. The molecule has 14 N–H and O–H groups in total. The number of fused-ring (bicyclic) bond motifs is 2. The summed E-state index contributed by atoms with van der Waals surface area (Å²) in [5.41, 5.74) is 15.6. The van der Waals surface area contributed by atoms with Crippen molar-refractivity contribution >= 4 is 127 Å². The lowest BCUT2D eigenvalue weighted by atomic mass is 9.89. The van der Waals surface area contributed by atoms with Gasteiger partial charge in [0.15, 0.2) is 5.36 Å². The number of nitrogens with two attached hydrogens (primary N) is 3. The summed E-state index contributed by atoms with van der Waals surface area (Å²) in [5, 5.41) is 26.2. The Morgan fingerprint density at radius 2 is 1.63 bits per heavy atom. The van der Waals surface area contributed by atoms with Crippen LogP contribution in [0.1, 0.15) is 60.3 Å². The number of hydrogen-bond donors (Lipinski definition) is 11. The molecule has 2 amide bonds. The molecule has 0 spiro atoms. The number of aromatic carboxylic acids is 1. The molecule has 3 aromatic rings. The zero-order valence-electron chi connectivity index (χ0n) is 45.3. The van der Waals surface area contributed by atoms with Gasteiger partial charge >= 0.3 is 62.4 Å². The SMILES string of the molecule is C=C(NCCSSCOCCCCCNC(=O)NCC#Cc1cn([C@H]2CC(OCS(=S)CC)[C@@H](COP(=O)(O)OP(=O)(O)OP(=O)(O)O)O2)c(=O)nc1N)c1ccc(C(=O)O)c(-c2c3ccc(=[NH2+])cc-3oc3cc(N)ccc23)c1.O=S(=O)=O.O=S(=O)=O. The molecule has 3 aliphatic rings. The molecule has 41 heteroatoms. The summed E-state index contributed by atoms with van der Waals surface area (Å²) in [6.45, 7) is 6.64. The van der Waals surface area contributed by atoms with Crippen LogP contribution in [0.3, 0.4) is 0 Å². The van der Waals surface area contributed by atoms with Crippen molar-refractivity contribution in [2.24, 2.45) is 0 Å². The Labute approximate surface area is 512 Å². The van der Waals surface area contributed by atoms with E-state index < -0.39 is 96.9 Å². The normalized spacial score (nSPS) is 16.3. The molecule has 2 aliphatic heterocycles. The number of unbranched alkanes of at least 4 members (excludes halogenated alkanes) is 2. The molecule has 0 bridgehead atoms. The molecule has 87 heavy (non-hydrogen) atoms. The number of nitrogens with zero attached hydrogens (tertiary/aromatic N) is 2. The molecule has 1 aromatic heterocycles. The first-order valence-corrected chi connectivity index (χ1v) is 36.2. The van der Waals surface area contributed by atoms with E-state index in [1.54, 1.807) is 58.0 Å². The number of benzene rings is 3. The zero-order chi connectivity index (χ0) is 64.6. The number of amides is 2. The topological polar surface area (TPSA) is 506 Å². The van der Waals surface area contributed by atoms with Gasteiger partial charge in [0.05, 0.1) is 42.4 Å². The standard InChI is InChI=1S/C46H57N8O18P3S4.2O3S/c1-3-79(76)27-67-39-23-41(70-40(39)25-68-74(62,63)72-75(64,65)71-73(59,60)61)54-24-30(43(49)53-46(54)58)8-7-16-52-45(57)51-15-5-4-6-18-66-26-78-77-19-17-50-28(2)29-9-12-33(44(55)56)36(20-29)42-34-13-10-31(47)21-37(34)69-38-22-32(48)11-14-35(38)42;2*1-4(2)3/h9-14,20-22,24,39-41,47,50H,2-6,15-19,23,25-27,48H2,1H3,(H,55,56)(H,62,63)(H,64,65)(H2,49,53,58)(H2,51,52,57)(H2,59,60,61);;/p+1/t39?,40-,41-,79?;;/m1../s1. The molecular formula is C46H58N8O24P3S6+. The van der Waals surface area contributed by atoms with E-state index in [1.165, 1.54) is 6.20 Å². The van der Waals surface area contributed by atoms with Crippen molar-refractivity contribution in [2.45, 2.75) is 51.0 Å². The number of carboxylic acid groups (broad SMARTS) is 1. The maximum absolute atomic E-state index is 13.0. The fourth-order valence-electron chi connectivity index (χ4n) is 7.60. The summed E-state index contributed by atoms with van der Waals surface area (Å²) in [5.74, 6) is 6.53. The van der Waals surface area contributed by atoms with Crippen molar-refractivity contribution in [3.05, 3.63) is 99.9 Å². The third-order valence-corrected chi connectivity index (χ3v) is 19.1. The predicted molar refractivity (Wildman–Crippen MR) is 320 cm³/mol. The molecule has 32 nitrogen and oxygen atoms in total. The summed E-state index contributed by atoms with van der Waals surface area (Å²) < 4.78 is 123. The first-order chi connectivity index (χ1) is 40.9. The van der Waals surface area contributed by atoms with Crippen molar-refractivity contribution in [2.75, 3.05) is 67.7 Å². The number of rotatable bonds is 29. The number of ether oxygens (including phenoxy) is 3. The van der Waals surface area contributed by atoms with E-state index in [0.717, 1.165) is 28.7 Å². The lowest BCUT2D eigenvalue weighted by Gasteiger charge is -2.21. The number of urea groups is 1. The number of hydrogen-bond acceptors (Lipinski definition) is 26. The number of carboxylic acids is 1. The van der Waals surface area contributed by atoms with Crippen LogP contribution < -0.4 is 43.9 Å². The van der Waals surface area contributed by atoms with Crippen LogP contribution in [0.4, 0.5) is 16.3 Å². The second-order valence-corrected chi connectivity index (χ2v) is 28.2. The van der Waals surface area contributed by atoms with Crippen LogP contribution >= 0.6 is 45.1 Å². The van der Waals surface area contributed by atoms with Gasteiger partial charge in [-0.25, -0.2) is 28.1 Å². The molecular weight excluding hydrogens is 1330 g/mol. The van der Waals surface area contributed by atoms with E-state index in [4.69, 9.17) is 86.3 Å². The first-order valence-electron chi connectivity index (χ1n) is 24.7. The van der Waals surface area contributed by atoms with Crippen molar-refractivity contribution in [3.63, 3.8) is 0 Å². The van der Waals surface area contributed by atoms with Gasteiger partial charge in [-0.05, 0) is 77.7 Å². The maximum atomic E-state index is 13.0. The van der Waals surface area contributed by atoms with E-state index in [-0.39, 0.29) is 35.8 Å². The molecule has 476 valence electrons. The Morgan fingerprint density at radius 1 is 0.920 bits per heavy atom. The number of carbonyl (C=O) groups is 2. The third-order valence-electron chi connectivity index (χ3n) is 11.2. The van der Waals surface area contributed by atoms with Gasteiger partial charge in [-0.3, -0.25) is 14.5 Å². The van der Waals surface area contributed by atoms with Crippen molar-refractivity contribution in [1.29, 1.82) is 0 Å². The van der Waals surface area contributed by atoms with Crippen LogP contribution in [0, 0.1) is 11.8 Å². The van der Waals surface area contributed by atoms with E-state index in [9.17, 15) is 43.0 Å². The summed E-state index contributed by atoms with van der Waals surface area (Å²) in [6.07, 6.45) is 0.220. The van der Waals surface area contributed by atoms with Gasteiger partial charge in [0, 0.05) is 78.1 Å². The van der Waals surface area contributed by atoms with Gasteiger partial charge in [0.2, 0.25) is 0 Å². The number of anilines is 2. The van der Waals surface area contributed by atoms with Crippen LogP contribution in [0.25, 0.3) is 39.1 Å². The number of carbonyl (C=O) groups excluding carboxylic acids is 1.